The van der Waals surface area contributed by atoms with Gasteiger partial charge in [-0.2, -0.15) is 5.21 Å². The first-order valence-electron chi connectivity index (χ1n) is 7.64. The molecule has 0 radical (unpaired) electrons. The highest BCUT2D eigenvalue weighted by atomic mass is 16.6. The van der Waals surface area contributed by atoms with Crippen LogP contribution in [0.4, 0.5) is 10.6 Å². The minimum atomic E-state index is -1.31. The molecule has 1 atom stereocenters. The second kappa shape index (κ2) is 6.00. The van der Waals surface area contributed by atoms with E-state index >= 15 is 0 Å². The largest absolute Gasteiger partial charge is 0.464 e. The van der Waals surface area contributed by atoms with Crippen LogP contribution in [0.2, 0.25) is 0 Å². The molecule has 0 bridgehead atoms. The van der Waals surface area contributed by atoms with Gasteiger partial charge >= 0.3 is 17.6 Å². The number of aromatic nitrogens is 6. The van der Waals surface area contributed by atoms with E-state index < -0.39 is 16.6 Å². The summed E-state index contributed by atoms with van der Waals surface area (Å²) in [5, 5.41) is 9.60. The van der Waals surface area contributed by atoms with Crippen molar-refractivity contribution in [2.24, 2.45) is 14.1 Å². The molecule has 0 aliphatic carbocycles. The van der Waals surface area contributed by atoms with E-state index in [1.54, 1.807) is 7.05 Å². The number of hydroxylamine groups is 3. The number of imidazole rings is 2. The van der Waals surface area contributed by atoms with Crippen molar-refractivity contribution in [1.29, 1.82) is 0 Å². The lowest BCUT2D eigenvalue weighted by Crippen LogP contribution is -2.59. The number of urea groups is 1. The molecule has 4 rings (SSSR count). The molecule has 0 saturated heterocycles. The molecule has 3 aromatic heterocycles. The summed E-state index contributed by atoms with van der Waals surface area (Å²) in [7, 11) is 5.57. The Kier molecular flexibility index (Phi) is 4.05. The highest BCUT2D eigenvalue weighted by molar-refractivity contribution is 6.06. The number of nitrogens with one attached hydrogen (secondary N) is 2. The number of aryl methyl sites for hydroxylation is 1. The quantitative estimate of drug-likeness (QED) is 0.332. The van der Waals surface area contributed by atoms with Crippen molar-refractivity contribution >= 4 is 28.9 Å². The maximum absolute atomic E-state index is 11.6. The van der Waals surface area contributed by atoms with Crippen LogP contribution in [0.5, 0.6) is 0 Å². The normalized spacial score (nSPS) is 19.1. The number of fused-ring (bicyclic) bond motifs is 2. The van der Waals surface area contributed by atoms with Gasteiger partial charge in [-0.25, -0.2) is 29.3 Å². The van der Waals surface area contributed by atoms with Crippen LogP contribution in [0.25, 0.3) is 11.2 Å². The van der Waals surface area contributed by atoms with E-state index in [9.17, 15) is 24.4 Å². The number of carbonyl (C=O) groups excluding carboxylic acids is 2. The molecule has 0 aromatic carbocycles. The summed E-state index contributed by atoms with van der Waals surface area (Å²) >= 11 is 0. The lowest BCUT2D eigenvalue weighted by atomic mass is 10.3. The van der Waals surface area contributed by atoms with Gasteiger partial charge in [0.15, 0.2) is 17.2 Å². The molecule has 4 heterocycles. The lowest BCUT2D eigenvalue weighted by Gasteiger charge is -2.28. The second-order valence-electron chi connectivity index (χ2n) is 6.01. The lowest BCUT2D eigenvalue weighted by molar-refractivity contribution is -0.951. The summed E-state index contributed by atoms with van der Waals surface area (Å²) in [6.45, 7) is 0. The van der Waals surface area contributed by atoms with Gasteiger partial charge in [0.25, 0.3) is 5.56 Å². The Morgan fingerprint density at radius 3 is 2.30 bits per heavy atom. The van der Waals surface area contributed by atoms with Gasteiger partial charge in [0, 0.05) is 21.1 Å². The summed E-state index contributed by atoms with van der Waals surface area (Å²) in [6.07, 6.45) is 2.70. The van der Waals surface area contributed by atoms with E-state index in [2.05, 4.69) is 19.9 Å². The van der Waals surface area contributed by atoms with Crippen LogP contribution in [0.3, 0.4) is 0 Å². The Morgan fingerprint density at radius 2 is 1.63 bits per heavy atom. The smallest absolute Gasteiger partial charge is 0.339 e. The van der Waals surface area contributed by atoms with Crippen LogP contribution in [0.1, 0.15) is 10.5 Å². The molecule has 1 aliphatic heterocycles. The summed E-state index contributed by atoms with van der Waals surface area (Å²) in [4.78, 5) is 60.0. The Bertz CT molecular complexity index is 1180. The van der Waals surface area contributed by atoms with Crippen molar-refractivity contribution < 1.29 is 19.4 Å². The standard InChI is InChI=1S/C7H8N4O3.C7H8N4O2/c1-10-5-4(8-3-9-5)6(12)11(2,14)7(10)13;1-10-5-4(8-3-9-5)6(12)11(2)7(10)13/h3,14H,1-2H3;3H,1-2H3,(H,8,9)/p+1. The first-order chi connectivity index (χ1) is 12.6. The second-order valence-corrected chi connectivity index (χ2v) is 6.01. The fourth-order valence-electron chi connectivity index (χ4n) is 2.65. The number of quaternary nitrogens is 1. The number of H-pyrrole nitrogens is 2. The topological polar surface area (TPSA) is 159 Å². The van der Waals surface area contributed by atoms with Gasteiger partial charge in [-0.1, -0.05) is 0 Å². The van der Waals surface area contributed by atoms with Crippen LogP contribution < -0.4 is 16.1 Å². The van der Waals surface area contributed by atoms with Gasteiger partial charge in [0.05, 0.1) is 12.7 Å². The maximum Gasteiger partial charge on any atom is 0.464 e. The Labute approximate surface area is 150 Å². The van der Waals surface area contributed by atoms with Gasteiger partial charge in [-0.15, -0.1) is 0 Å². The molecule has 13 nitrogen and oxygen atoms in total. The van der Waals surface area contributed by atoms with Gasteiger partial charge in [-0.05, 0) is 4.65 Å². The van der Waals surface area contributed by atoms with E-state index in [0.29, 0.717) is 11.2 Å². The van der Waals surface area contributed by atoms with E-state index in [0.717, 1.165) is 16.5 Å². The number of hydrogen-bond acceptors (Lipinski definition) is 7. The zero-order valence-electron chi connectivity index (χ0n) is 14.9. The average Bonchev–Trinajstić information content (AvgIpc) is 3.31. The Hall–Kier alpha value is -3.58. The van der Waals surface area contributed by atoms with E-state index in [1.807, 2.05) is 0 Å². The van der Waals surface area contributed by atoms with Crippen molar-refractivity contribution in [2.45, 2.75) is 0 Å². The highest BCUT2D eigenvalue weighted by Crippen LogP contribution is 2.26. The fourth-order valence-corrected chi connectivity index (χ4v) is 2.65. The van der Waals surface area contributed by atoms with Crippen LogP contribution in [0.15, 0.2) is 22.2 Å². The zero-order chi connectivity index (χ0) is 20.1. The number of anilines is 1. The zero-order valence-corrected chi connectivity index (χ0v) is 14.9. The molecule has 142 valence electrons. The van der Waals surface area contributed by atoms with Crippen molar-refractivity contribution in [3.05, 3.63) is 39.2 Å². The highest BCUT2D eigenvalue weighted by Gasteiger charge is 2.51. The molecule has 0 fully saturated rings. The molecule has 13 heteroatoms. The number of aromatic amines is 2. The van der Waals surface area contributed by atoms with Crippen LogP contribution in [-0.4, -0.2) is 65.0 Å². The third-order valence-electron chi connectivity index (χ3n) is 4.24. The summed E-state index contributed by atoms with van der Waals surface area (Å²) in [5.74, 6) is -0.467. The monoisotopic (exact) mass is 377 g/mol. The summed E-state index contributed by atoms with van der Waals surface area (Å²) < 4.78 is 1.05. The van der Waals surface area contributed by atoms with Gasteiger partial charge in [0.1, 0.15) is 12.6 Å². The minimum Gasteiger partial charge on any atom is -0.339 e. The van der Waals surface area contributed by atoms with E-state index in [4.69, 9.17) is 0 Å². The molecule has 1 unspecified atom stereocenters. The number of hydrogen-bond donors (Lipinski definition) is 3. The number of rotatable bonds is 0. The maximum atomic E-state index is 11.6. The predicted molar refractivity (Wildman–Crippen MR) is 91.3 cm³/mol. The third-order valence-corrected chi connectivity index (χ3v) is 4.24. The first-order valence-corrected chi connectivity index (χ1v) is 7.64. The number of nitrogens with zero attached hydrogens (tertiary/aromatic N) is 6. The van der Waals surface area contributed by atoms with Crippen molar-refractivity contribution in [1.82, 2.24) is 29.1 Å². The Balaban J connectivity index is 0.000000156. The molecule has 3 aromatic rings. The molecule has 3 N–H and O–H groups in total. The molecule has 1 aliphatic rings. The van der Waals surface area contributed by atoms with Crippen molar-refractivity contribution in [3.63, 3.8) is 0 Å². The molecular weight excluding hydrogens is 360 g/mol. The predicted octanol–water partition coefficient (Wildman–Crippen LogP) is -1.08. The minimum absolute atomic E-state index is 0.136. The van der Waals surface area contributed by atoms with Crippen LogP contribution in [-0.2, 0) is 14.1 Å². The molecule has 3 amide bonds. The van der Waals surface area contributed by atoms with Crippen LogP contribution in [0, 0.1) is 0 Å². The van der Waals surface area contributed by atoms with E-state index in [-0.39, 0.29) is 22.8 Å². The fraction of sp³-hybridized carbons (Fsp3) is 0.286. The Morgan fingerprint density at radius 1 is 1.00 bits per heavy atom. The molecule has 0 saturated carbocycles. The summed E-state index contributed by atoms with van der Waals surface area (Å²) in [5.41, 5.74) is 0.148. The third kappa shape index (κ3) is 2.56. The SMILES string of the molecule is CN1C(=O)[N+](C)(O)C(=O)c2[nH]cnc21.Cn1c(=O)c2[nH]cnc2n(C)c1=O. The molecular formula is C14H17N8O5+. The van der Waals surface area contributed by atoms with E-state index in [1.165, 1.54) is 31.3 Å². The molecule has 0 spiro atoms. The first kappa shape index (κ1) is 18.2. The summed E-state index contributed by atoms with van der Waals surface area (Å²) in [6, 6.07) is -0.727. The van der Waals surface area contributed by atoms with Gasteiger partial charge in [-0.3, -0.25) is 13.9 Å². The van der Waals surface area contributed by atoms with Crippen molar-refractivity contribution in [2.75, 3.05) is 19.0 Å². The van der Waals surface area contributed by atoms with Gasteiger partial charge in [0.2, 0.25) is 0 Å². The molecule has 27 heavy (non-hydrogen) atoms. The number of carbonyl (C=O) groups is 2. The average molecular weight is 377 g/mol. The van der Waals surface area contributed by atoms with Gasteiger partial charge < -0.3 is 9.97 Å². The van der Waals surface area contributed by atoms with Crippen LogP contribution >= 0.6 is 0 Å². The number of amides is 3. The van der Waals surface area contributed by atoms with Crippen molar-refractivity contribution in [3.8, 4) is 0 Å². The number of imide groups is 1.